The summed E-state index contributed by atoms with van der Waals surface area (Å²) in [5.74, 6) is 0.461. The zero-order valence-corrected chi connectivity index (χ0v) is 7.97. The minimum atomic E-state index is -0.00144. The van der Waals surface area contributed by atoms with E-state index < -0.39 is 0 Å². The summed E-state index contributed by atoms with van der Waals surface area (Å²) in [5, 5.41) is 0. The monoisotopic (exact) mass is 194 g/mol. The van der Waals surface area contributed by atoms with Crippen LogP contribution in [0.5, 0.6) is 0 Å². The van der Waals surface area contributed by atoms with E-state index in [2.05, 4.69) is 4.98 Å². The van der Waals surface area contributed by atoms with Gasteiger partial charge in [0.25, 0.3) is 0 Å². The molecule has 2 N–H and O–H groups in total. The predicted octanol–water partition coefficient (Wildman–Crippen LogP) is 0.132. The largest absolute Gasteiger partial charge is 0.330 e. The van der Waals surface area contributed by atoms with Crippen molar-refractivity contribution >= 4 is 6.03 Å². The highest BCUT2D eigenvalue weighted by Gasteiger charge is 2.25. The zero-order valence-electron chi connectivity index (χ0n) is 7.97. The van der Waals surface area contributed by atoms with E-state index in [1.54, 1.807) is 12.4 Å². The molecule has 1 aromatic heterocycles. The number of amides is 1. The van der Waals surface area contributed by atoms with Crippen LogP contribution >= 0.6 is 0 Å². The minimum Gasteiger partial charge on any atom is -0.330 e. The molecule has 0 aliphatic carbocycles. The first-order valence-electron chi connectivity index (χ1n) is 4.78. The molecular formula is C9H14N4O. The van der Waals surface area contributed by atoms with Gasteiger partial charge in [-0.3, -0.25) is 4.57 Å². The number of carbonyl (C=O) groups is 1. The number of aromatic nitrogens is 2. The fraction of sp³-hybridized carbons (Fsp3) is 0.556. The molecule has 1 aromatic rings. The Hall–Kier alpha value is -1.36. The maximum absolute atomic E-state index is 11.8. The summed E-state index contributed by atoms with van der Waals surface area (Å²) >= 11 is 0. The van der Waals surface area contributed by atoms with Gasteiger partial charge in [-0.05, 0) is 18.9 Å². The van der Waals surface area contributed by atoms with Gasteiger partial charge in [0, 0.05) is 25.5 Å². The quantitative estimate of drug-likeness (QED) is 0.691. The van der Waals surface area contributed by atoms with Gasteiger partial charge in [-0.1, -0.05) is 0 Å². The van der Waals surface area contributed by atoms with Crippen molar-refractivity contribution in [2.45, 2.75) is 6.42 Å². The van der Waals surface area contributed by atoms with Gasteiger partial charge >= 0.3 is 6.03 Å². The molecule has 1 atom stereocenters. The Balaban J connectivity index is 2.00. The number of likely N-dealkylation sites (tertiary alicyclic amines) is 1. The fourth-order valence-electron chi connectivity index (χ4n) is 1.73. The molecule has 76 valence electrons. The third kappa shape index (κ3) is 1.63. The third-order valence-corrected chi connectivity index (χ3v) is 2.61. The van der Waals surface area contributed by atoms with E-state index in [0.29, 0.717) is 12.5 Å². The van der Waals surface area contributed by atoms with Crippen molar-refractivity contribution in [1.82, 2.24) is 14.5 Å². The fourth-order valence-corrected chi connectivity index (χ4v) is 1.73. The minimum absolute atomic E-state index is 0.00144. The average Bonchev–Trinajstić information content (AvgIpc) is 2.88. The molecule has 0 aromatic carbocycles. The van der Waals surface area contributed by atoms with Crippen LogP contribution in [0, 0.1) is 5.92 Å². The first-order valence-corrected chi connectivity index (χ1v) is 4.78. The van der Waals surface area contributed by atoms with Crippen LogP contribution in [-0.4, -0.2) is 40.1 Å². The highest BCUT2D eigenvalue weighted by atomic mass is 16.2. The van der Waals surface area contributed by atoms with Crippen molar-refractivity contribution in [3.63, 3.8) is 0 Å². The lowest BCUT2D eigenvalue weighted by atomic mass is 10.1. The lowest BCUT2D eigenvalue weighted by Gasteiger charge is -2.15. The molecule has 1 unspecified atom stereocenters. The van der Waals surface area contributed by atoms with Gasteiger partial charge in [0.15, 0.2) is 0 Å². The van der Waals surface area contributed by atoms with Crippen LogP contribution in [-0.2, 0) is 0 Å². The van der Waals surface area contributed by atoms with Gasteiger partial charge in [-0.15, -0.1) is 0 Å². The molecule has 1 saturated heterocycles. The Bertz CT molecular complexity index is 309. The molecule has 0 spiro atoms. The van der Waals surface area contributed by atoms with E-state index in [4.69, 9.17) is 5.73 Å². The van der Waals surface area contributed by atoms with Gasteiger partial charge in [-0.2, -0.15) is 0 Å². The predicted molar refractivity (Wildman–Crippen MR) is 51.8 cm³/mol. The normalized spacial score (nSPS) is 21.5. The third-order valence-electron chi connectivity index (χ3n) is 2.61. The number of carbonyl (C=O) groups excluding carboxylic acids is 1. The maximum Gasteiger partial charge on any atom is 0.329 e. The summed E-state index contributed by atoms with van der Waals surface area (Å²) < 4.78 is 1.50. The van der Waals surface area contributed by atoms with Crippen LogP contribution in [0.4, 0.5) is 4.79 Å². The SMILES string of the molecule is NCC1CCN(C(=O)n2ccnc2)C1. The molecule has 0 radical (unpaired) electrons. The summed E-state index contributed by atoms with van der Waals surface area (Å²) in [6, 6.07) is -0.00144. The van der Waals surface area contributed by atoms with Crippen molar-refractivity contribution in [3.05, 3.63) is 18.7 Å². The highest BCUT2D eigenvalue weighted by Crippen LogP contribution is 2.15. The van der Waals surface area contributed by atoms with E-state index >= 15 is 0 Å². The van der Waals surface area contributed by atoms with E-state index in [-0.39, 0.29) is 6.03 Å². The van der Waals surface area contributed by atoms with E-state index in [0.717, 1.165) is 19.5 Å². The Morgan fingerprint density at radius 1 is 1.64 bits per heavy atom. The van der Waals surface area contributed by atoms with Crippen molar-refractivity contribution < 1.29 is 4.79 Å². The second kappa shape index (κ2) is 3.79. The van der Waals surface area contributed by atoms with Crippen LogP contribution in [0.3, 0.4) is 0 Å². The number of hydrogen-bond acceptors (Lipinski definition) is 3. The van der Waals surface area contributed by atoms with Gasteiger partial charge in [0.2, 0.25) is 0 Å². The Kier molecular flexibility index (Phi) is 2.49. The van der Waals surface area contributed by atoms with Gasteiger partial charge in [0.1, 0.15) is 6.33 Å². The zero-order chi connectivity index (χ0) is 9.97. The molecule has 2 heterocycles. The molecule has 1 aliphatic heterocycles. The average molecular weight is 194 g/mol. The van der Waals surface area contributed by atoms with Crippen molar-refractivity contribution in [2.24, 2.45) is 11.7 Å². The molecule has 1 aliphatic rings. The summed E-state index contributed by atoms with van der Waals surface area (Å²) in [5.41, 5.74) is 5.56. The van der Waals surface area contributed by atoms with Crippen LogP contribution in [0.25, 0.3) is 0 Å². The van der Waals surface area contributed by atoms with E-state index in [9.17, 15) is 4.79 Å². The van der Waals surface area contributed by atoms with E-state index in [1.165, 1.54) is 10.9 Å². The standard InChI is InChI=1S/C9H14N4O/c10-5-8-1-3-12(6-8)9(14)13-4-2-11-7-13/h2,4,7-8H,1,3,5-6,10H2. The molecule has 5 heteroatoms. The number of rotatable bonds is 1. The molecule has 14 heavy (non-hydrogen) atoms. The van der Waals surface area contributed by atoms with Crippen LogP contribution in [0.1, 0.15) is 6.42 Å². The maximum atomic E-state index is 11.8. The molecule has 2 rings (SSSR count). The molecular weight excluding hydrogens is 180 g/mol. The number of nitrogens with two attached hydrogens (primary N) is 1. The van der Waals surface area contributed by atoms with Crippen LogP contribution in [0.15, 0.2) is 18.7 Å². The summed E-state index contributed by atoms with van der Waals surface area (Å²) in [7, 11) is 0. The molecule has 1 fully saturated rings. The Labute approximate surface area is 82.5 Å². The van der Waals surface area contributed by atoms with Gasteiger partial charge in [0.05, 0.1) is 0 Å². The molecule has 5 nitrogen and oxygen atoms in total. The van der Waals surface area contributed by atoms with Gasteiger partial charge in [-0.25, -0.2) is 9.78 Å². The molecule has 0 bridgehead atoms. The summed E-state index contributed by atoms with van der Waals surface area (Å²) in [6.07, 6.45) is 5.81. The van der Waals surface area contributed by atoms with Crippen molar-refractivity contribution in [3.8, 4) is 0 Å². The lowest BCUT2D eigenvalue weighted by molar-refractivity contribution is 0.209. The van der Waals surface area contributed by atoms with Crippen LogP contribution < -0.4 is 5.73 Å². The van der Waals surface area contributed by atoms with Crippen molar-refractivity contribution in [1.29, 1.82) is 0 Å². The molecule has 1 amide bonds. The van der Waals surface area contributed by atoms with Crippen LogP contribution in [0.2, 0.25) is 0 Å². The molecule has 0 saturated carbocycles. The van der Waals surface area contributed by atoms with Gasteiger partial charge < -0.3 is 10.6 Å². The Morgan fingerprint density at radius 2 is 2.50 bits per heavy atom. The topological polar surface area (TPSA) is 64.2 Å². The smallest absolute Gasteiger partial charge is 0.329 e. The lowest BCUT2D eigenvalue weighted by Crippen LogP contribution is -2.32. The van der Waals surface area contributed by atoms with E-state index in [1.807, 2.05) is 4.90 Å². The number of imidazole rings is 1. The second-order valence-electron chi connectivity index (χ2n) is 3.59. The highest BCUT2D eigenvalue weighted by molar-refractivity contribution is 5.76. The summed E-state index contributed by atoms with van der Waals surface area (Å²) in [4.78, 5) is 17.4. The number of nitrogens with zero attached hydrogens (tertiary/aromatic N) is 3. The number of hydrogen-bond donors (Lipinski definition) is 1. The first kappa shape index (κ1) is 9.21. The van der Waals surface area contributed by atoms with Crippen molar-refractivity contribution in [2.75, 3.05) is 19.6 Å². The first-order chi connectivity index (χ1) is 6.81. The Morgan fingerprint density at radius 3 is 3.07 bits per heavy atom. The second-order valence-corrected chi connectivity index (χ2v) is 3.59. The summed E-state index contributed by atoms with van der Waals surface area (Å²) in [6.45, 7) is 2.24.